The van der Waals surface area contributed by atoms with E-state index in [-0.39, 0.29) is 11.1 Å². The molecule has 4 heteroatoms. The number of fused-ring (bicyclic) bond motifs is 1. The summed E-state index contributed by atoms with van der Waals surface area (Å²) < 4.78 is 0. The topological polar surface area (TPSA) is 70.2 Å². The van der Waals surface area contributed by atoms with Crippen LogP contribution in [0.3, 0.4) is 0 Å². The van der Waals surface area contributed by atoms with Gasteiger partial charge in [0.1, 0.15) is 5.69 Å². The molecule has 0 saturated heterocycles. The van der Waals surface area contributed by atoms with Crippen LogP contribution in [-0.4, -0.2) is 16.1 Å². The van der Waals surface area contributed by atoms with Gasteiger partial charge in [-0.3, -0.25) is 4.79 Å². The van der Waals surface area contributed by atoms with Gasteiger partial charge in [0.2, 0.25) is 0 Å². The lowest BCUT2D eigenvalue weighted by atomic mass is 10.0. The van der Waals surface area contributed by atoms with Gasteiger partial charge in [0.15, 0.2) is 5.43 Å². The number of carboxylic acid groups (broad SMARTS) is 1. The van der Waals surface area contributed by atoms with E-state index in [0.29, 0.717) is 16.8 Å². The van der Waals surface area contributed by atoms with Gasteiger partial charge in [0.25, 0.3) is 0 Å². The maximum absolute atomic E-state index is 11.8. The molecule has 1 aromatic heterocycles. The number of H-pyrrole nitrogens is 1. The molecule has 0 fully saturated rings. The minimum atomic E-state index is -1.13. The molecule has 1 aromatic carbocycles. The van der Waals surface area contributed by atoms with Gasteiger partial charge in [-0.15, -0.1) is 0 Å². The number of aromatic amines is 1. The molecule has 0 radical (unpaired) electrons. The second kappa shape index (κ2) is 4.05. The fourth-order valence-corrected chi connectivity index (χ4v) is 1.74. The molecule has 2 rings (SSSR count). The summed E-state index contributed by atoms with van der Waals surface area (Å²) in [6.07, 6.45) is 0. The number of pyridine rings is 1. The number of hydrogen-bond acceptors (Lipinski definition) is 2. The zero-order valence-corrected chi connectivity index (χ0v) is 9.65. The first-order valence-electron chi connectivity index (χ1n) is 5.39. The summed E-state index contributed by atoms with van der Waals surface area (Å²) in [6.45, 7) is 4.09. The Balaban J connectivity index is 2.73. The van der Waals surface area contributed by atoms with E-state index < -0.39 is 5.97 Å². The molecule has 0 amide bonds. The van der Waals surface area contributed by atoms with Crippen LogP contribution in [0.5, 0.6) is 0 Å². The van der Waals surface area contributed by atoms with E-state index in [9.17, 15) is 9.59 Å². The summed E-state index contributed by atoms with van der Waals surface area (Å²) in [7, 11) is 0. The number of hydrogen-bond donors (Lipinski definition) is 2. The van der Waals surface area contributed by atoms with E-state index in [2.05, 4.69) is 4.98 Å². The van der Waals surface area contributed by atoms with Crippen molar-refractivity contribution in [1.82, 2.24) is 4.98 Å². The maximum Gasteiger partial charge on any atom is 0.352 e. The molecule has 4 nitrogen and oxygen atoms in total. The Hall–Kier alpha value is -2.10. The highest BCUT2D eigenvalue weighted by molar-refractivity contribution is 5.89. The lowest BCUT2D eigenvalue weighted by Crippen LogP contribution is -2.09. The Morgan fingerprint density at radius 2 is 2.00 bits per heavy atom. The lowest BCUT2D eigenvalue weighted by Gasteiger charge is -2.07. The van der Waals surface area contributed by atoms with Crippen molar-refractivity contribution in [3.8, 4) is 0 Å². The van der Waals surface area contributed by atoms with E-state index in [4.69, 9.17) is 5.11 Å². The smallest absolute Gasteiger partial charge is 0.352 e. The molecule has 0 spiro atoms. The van der Waals surface area contributed by atoms with Crippen molar-refractivity contribution in [2.24, 2.45) is 0 Å². The molecule has 0 saturated carbocycles. The molecule has 0 aliphatic rings. The van der Waals surface area contributed by atoms with Gasteiger partial charge < -0.3 is 10.1 Å². The van der Waals surface area contributed by atoms with Gasteiger partial charge in [-0.2, -0.15) is 0 Å². The number of benzene rings is 1. The first-order chi connectivity index (χ1) is 7.99. The van der Waals surface area contributed by atoms with Crippen LogP contribution in [0.2, 0.25) is 0 Å². The summed E-state index contributed by atoms with van der Waals surface area (Å²) in [6, 6.07) is 6.58. The lowest BCUT2D eigenvalue weighted by molar-refractivity contribution is 0.0691. The van der Waals surface area contributed by atoms with Crippen LogP contribution in [0.1, 0.15) is 35.8 Å². The minimum Gasteiger partial charge on any atom is -0.477 e. The number of nitrogens with one attached hydrogen (secondary N) is 1. The van der Waals surface area contributed by atoms with E-state index in [1.807, 2.05) is 26.0 Å². The first kappa shape index (κ1) is 11.4. The normalized spacial score (nSPS) is 11.0. The Kier molecular flexibility index (Phi) is 2.71. The standard InChI is InChI=1S/C13H13NO3/c1-7(2)8-3-4-10-9(5-8)12(15)6-11(14-10)13(16)17/h3-7H,1-2H3,(H,14,15)(H,16,17). The van der Waals surface area contributed by atoms with Gasteiger partial charge in [0.05, 0.1) is 0 Å². The fourth-order valence-electron chi connectivity index (χ4n) is 1.74. The predicted molar refractivity (Wildman–Crippen MR) is 65.6 cm³/mol. The minimum absolute atomic E-state index is 0.0835. The van der Waals surface area contributed by atoms with Crippen molar-refractivity contribution >= 4 is 16.9 Å². The van der Waals surface area contributed by atoms with Gasteiger partial charge >= 0.3 is 5.97 Å². The fraction of sp³-hybridized carbons (Fsp3) is 0.231. The Labute approximate surface area is 97.9 Å². The molecule has 0 aliphatic heterocycles. The van der Waals surface area contributed by atoms with Crippen LogP contribution >= 0.6 is 0 Å². The third-order valence-corrected chi connectivity index (χ3v) is 2.75. The van der Waals surface area contributed by atoms with E-state index in [1.165, 1.54) is 0 Å². The maximum atomic E-state index is 11.8. The van der Waals surface area contributed by atoms with E-state index >= 15 is 0 Å². The zero-order chi connectivity index (χ0) is 12.6. The van der Waals surface area contributed by atoms with Crippen LogP contribution in [0.25, 0.3) is 10.9 Å². The quantitative estimate of drug-likeness (QED) is 0.833. The molecular formula is C13H13NO3. The molecular weight excluding hydrogens is 218 g/mol. The summed E-state index contributed by atoms with van der Waals surface area (Å²) in [5.41, 5.74) is 1.27. The van der Waals surface area contributed by atoms with Crippen molar-refractivity contribution in [3.63, 3.8) is 0 Å². The van der Waals surface area contributed by atoms with Crippen molar-refractivity contribution in [1.29, 1.82) is 0 Å². The van der Waals surface area contributed by atoms with Gasteiger partial charge in [-0.05, 0) is 23.6 Å². The van der Waals surface area contributed by atoms with Crippen molar-refractivity contribution in [2.75, 3.05) is 0 Å². The average Bonchev–Trinajstić information content (AvgIpc) is 2.28. The van der Waals surface area contributed by atoms with Gasteiger partial charge in [0, 0.05) is 17.0 Å². The van der Waals surface area contributed by atoms with Crippen molar-refractivity contribution in [3.05, 3.63) is 45.7 Å². The number of aromatic nitrogens is 1. The van der Waals surface area contributed by atoms with E-state index in [0.717, 1.165) is 11.6 Å². The van der Waals surface area contributed by atoms with Crippen molar-refractivity contribution in [2.45, 2.75) is 19.8 Å². The summed E-state index contributed by atoms with van der Waals surface area (Å²) in [5, 5.41) is 9.37. The van der Waals surface area contributed by atoms with Crippen LogP contribution in [0.15, 0.2) is 29.1 Å². The second-order valence-electron chi connectivity index (χ2n) is 4.31. The van der Waals surface area contributed by atoms with Crippen LogP contribution in [0, 0.1) is 0 Å². The summed E-state index contributed by atoms with van der Waals surface area (Å²) >= 11 is 0. The highest BCUT2D eigenvalue weighted by Gasteiger charge is 2.09. The van der Waals surface area contributed by atoms with Crippen LogP contribution in [0.4, 0.5) is 0 Å². The Morgan fingerprint density at radius 3 is 2.59 bits per heavy atom. The summed E-state index contributed by atoms with van der Waals surface area (Å²) in [5.74, 6) is -0.796. The molecule has 17 heavy (non-hydrogen) atoms. The Bertz CT molecular complexity index is 641. The highest BCUT2D eigenvalue weighted by atomic mass is 16.4. The van der Waals surface area contributed by atoms with Crippen LogP contribution < -0.4 is 5.43 Å². The summed E-state index contributed by atoms with van der Waals surface area (Å²) in [4.78, 5) is 25.3. The average molecular weight is 231 g/mol. The molecule has 1 heterocycles. The van der Waals surface area contributed by atoms with Gasteiger partial charge in [-0.1, -0.05) is 19.9 Å². The third kappa shape index (κ3) is 2.06. The SMILES string of the molecule is CC(C)c1ccc2[nH]c(C(=O)O)cc(=O)c2c1. The molecule has 0 atom stereocenters. The predicted octanol–water partition coefficient (Wildman–Crippen LogP) is 2.35. The monoisotopic (exact) mass is 231 g/mol. The number of aromatic carboxylic acids is 1. The van der Waals surface area contributed by atoms with Crippen LogP contribution in [-0.2, 0) is 0 Å². The molecule has 2 N–H and O–H groups in total. The largest absolute Gasteiger partial charge is 0.477 e. The molecule has 2 aromatic rings. The number of carbonyl (C=O) groups is 1. The molecule has 0 aliphatic carbocycles. The third-order valence-electron chi connectivity index (χ3n) is 2.75. The zero-order valence-electron chi connectivity index (χ0n) is 9.65. The number of carboxylic acids is 1. The van der Waals surface area contributed by atoms with E-state index in [1.54, 1.807) is 6.07 Å². The first-order valence-corrected chi connectivity index (χ1v) is 5.39. The van der Waals surface area contributed by atoms with Gasteiger partial charge in [-0.25, -0.2) is 4.79 Å². The highest BCUT2D eigenvalue weighted by Crippen LogP contribution is 2.18. The second-order valence-corrected chi connectivity index (χ2v) is 4.31. The molecule has 88 valence electrons. The molecule has 0 bridgehead atoms. The van der Waals surface area contributed by atoms with Crippen molar-refractivity contribution < 1.29 is 9.90 Å². The Morgan fingerprint density at radius 1 is 1.29 bits per heavy atom. The number of rotatable bonds is 2. The molecule has 0 unspecified atom stereocenters.